The Labute approximate surface area is 161 Å². The molecule has 0 bridgehead atoms. The molecule has 0 saturated heterocycles. The van der Waals surface area contributed by atoms with Crippen molar-refractivity contribution in [1.82, 2.24) is 20.0 Å². The minimum Gasteiger partial charge on any atom is -0.383 e. The third-order valence-electron chi connectivity index (χ3n) is 4.66. The van der Waals surface area contributed by atoms with Crippen LogP contribution in [-0.2, 0) is 18.4 Å². The SMILES string of the molecule is Cc1ccccc1-n1nc(C(=O)Nc2nnc(C(C)(C)O)s2)c2c1CCC2. The summed E-state index contributed by atoms with van der Waals surface area (Å²) in [6.45, 7) is 5.31. The number of para-hydroxylation sites is 1. The first-order valence-corrected chi connectivity index (χ1v) is 9.70. The van der Waals surface area contributed by atoms with Crippen molar-refractivity contribution in [2.24, 2.45) is 0 Å². The lowest BCUT2D eigenvalue weighted by molar-refractivity contribution is 0.0775. The third kappa shape index (κ3) is 3.26. The number of nitrogens with one attached hydrogen (secondary N) is 1. The number of carbonyl (C=O) groups is 1. The van der Waals surface area contributed by atoms with Crippen LogP contribution in [0.25, 0.3) is 5.69 Å². The topological polar surface area (TPSA) is 92.9 Å². The zero-order valence-corrected chi connectivity index (χ0v) is 16.3. The molecule has 2 aromatic heterocycles. The fourth-order valence-corrected chi connectivity index (χ4v) is 4.04. The van der Waals surface area contributed by atoms with Gasteiger partial charge in [0.1, 0.15) is 10.6 Å². The highest BCUT2D eigenvalue weighted by atomic mass is 32.1. The first kappa shape index (κ1) is 17.8. The molecule has 0 unspecified atom stereocenters. The Morgan fingerprint density at radius 1 is 1.26 bits per heavy atom. The molecule has 1 aliphatic carbocycles. The summed E-state index contributed by atoms with van der Waals surface area (Å²) in [5.74, 6) is -0.293. The molecule has 27 heavy (non-hydrogen) atoms. The van der Waals surface area contributed by atoms with Crippen LogP contribution in [0.5, 0.6) is 0 Å². The Morgan fingerprint density at radius 3 is 2.74 bits per heavy atom. The molecular formula is C19H21N5O2S. The molecule has 2 N–H and O–H groups in total. The first-order valence-electron chi connectivity index (χ1n) is 8.89. The number of nitrogens with zero attached hydrogens (tertiary/aromatic N) is 4. The highest BCUT2D eigenvalue weighted by Crippen LogP contribution is 2.30. The van der Waals surface area contributed by atoms with Crippen molar-refractivity contribution in [3.63, 3.8) is 0 Å². The van der Waals surface area contributed by atoms with Crippen molar-refractivity contribution < 1.29 is 9.90 Å². The van der Waals surface area contributed by atoms with Gasteiger partial charge in [-0.1, -0.05) is 29.5 Å². The molecule has 3 aromatic rings. The second kappa shape index (κ2) is 6.54. The average Bonchev–Trinajstić information content (AvgIpc) is 3.30. The van der Waals surface area contributed by atoms with Crippen molar-refractivity contribution >= 4 is 22.4 Å². The minimum atomic E-state index is -1.09. The van der Waals surface area contributed by atoms with Gasteiger partial charge in [-0.2, -0.15) is 5.10 Å². The van der Waals surface area contributed by atoms with Crippen LogP contribution in [0.4, 0.5) is 5.13 Å². The number of aryl methyl sites for hydroxylation is 1. The molecule has 1 aromatic carbocycles. The van der Waals surface area contributed by atoms with E-state index in [1.165, 1.54) is 0 Å². The van der Waals surface area contributed by atoms with Gasteiger partial charge in [0.25, 0.3) is 5.91 Å². The molecule has 0 saturated carbocycles. The smallest absolute Gasteiger partial charge is 0.278 e. The largest absolute Gasteiger partial charge is 0.383 e. The van der Waals surface area contributed by atoms with Crippen molar-refractivity contribution in [3.8, 4) is 5.69 Å². The maximum absolute atomic E-state index is 12.9. The lowest BCUT2D eigenvalue weighted by Crippen LogP contribution is -2.15. The molecule has 0 fully saturated rings. The fourth-order valence-electron chi connectivity index (χ4n) is 3.30. The van der Waals surface area contributed by atoms with E-state index in [1.54, 1.807) is 13.8 Å². The maximum Gasteiger partial charge on any atom is 0.278 e. The molecule has 0 atom stereocenters. The van der Waals surface area contributed by atoms with Gasteiger partial charge in [0, 0.05) is 11.3 Å². The van der Waals surface area contributed by atoms with Gasteiger partial charge < -0.3 is 5.11 Å². The number of anilines is 1. The number of hydrogen-bond acceptors (Lipinski definition) is 6. The van der Waals surface area contributed by atoms with E-state index in [0.29, 0.717) is 15.8 Å². The summed E-state index contributed by atoms with van der Waals surface area (Å²) < 4.78 is 1.90. The molecule has 1 aliphatic rings. The number of aromatic nitrogens is 4. The minimum absolute atomic E-state index is 0.293. The quantitative estimate of drug-likeness (QED) is 0.722. The van der Waals surface area contributed by atoms with Crippen LogP contribution in [0.15, 0.2) is 24.3 Å². The monoisotopic (exact) mass is 383 g/mol. The summed E-state index contributed by atoms with van der Waals surface area (Å²) in [5, 5.41) is 26.1. The molecule has 7 nitrogen and oxygen atoms in total. The van der Waals surface area contributed by atoms with Gasteiger partial charge in [-0.25, -0.2) is 4.68 Å². The van der Waals surface area contributed by atoms with Gasteiger partial charge in [0.15, 0.2) is 5.69 Å². The van der Waals surface area contributed by atoms with Crippen molar-refractivity contribution in [1.29, 1.82) is 0 Å². The lowest BCUT2D eigenvalue weighted by Gasteiger charge is -2.11. The third-order valence-corrected chi connectivity index (χ3v) is 5.81. The molecule has 8 heteroatoms. The number of fused-ring (bicyclic) bond motifs is 1. The van der Waals surface area contributed by atoms with E-state index in [0.717, 1.165) is 53.1 Å². The Bertz CT molecular complexity index is 1020. The Morgan fingerprint density at radius 2 is 2.04 bits per heavy atom. The van der Waals surface area contributed by atoms with E-state index in [2.05, 4.69) is 20.6 Å². The molecule has 0 radical (unpaired) electrons. The number of aliphatic hydroxyl groups is 1. The van der Waals surface area contributed by atoms with Gasteiger partial charge in [-0.15, -0.1) is 10.2 Å². The van der Waals surface area contributed by atoms with Gasteiger partial charge in [0.2, 0.25) is 5.13 Å². The molecule has 0 spiro atoms. The molecular weight excluding hydrogens is 362 g/mol. The van der Waals surface area contributed by atoms with E-state index in [-0.39, 0.29) is 5.91 Å². The molecule has 140 valence electrons. The van der Waals surface area contributed by atoms with Gasteiger partial charge in [0.05, 0.1) is 5.69 Å². The predicted octanol–water partition coefficient (Wildman–Crippen LogP) is 3.00. The second-order valence-corrected chi connectivity index (χ2v) is 8.23. The van der Waals surface area contributed by atoms with Crippen LogP contribution in [0.2, 0.25) is 0 Å². The summed E-state index contributed by atoms with van der Waals surface area (Å²) in [7, 11) is 0. The highest BCUT2D eigenvalue weighted by Gasteiger charge is 2.28. The van der Waals surface area contributed by atoms with Gasteiger partial charge >= 0.3 is 0 Å². The Kier molecular flexibility index (Phi) is 4.32. The summed E-state index contributed by atoms with van der Waals surface area (Å²) in [6.07, 6.45) is 2.77. The fraction of sp³-hybridized carbons (Fsp3) is 0.368. The summed E-state index contributed by atoms with van der Waals surface area (Å²) in [6, 6.07) is 8.02. The first-order chi connectivity index (χ1) is 12.8. The van der Waals surface area contributed by atoms with Crippen LogP contribution in [-0.4, -0.2) is 31.0 Å². The number of carbonyl (C=O) groups excluding carboxylic acids is 1. The number of rotatable bonds is 4. The van der Waals surface area contributed by atoms with Gasteiger partial charge in [-0.05, 0) is 51.7 Å². The summed E-state index contributed by atoms with van der Waals surface area (Å²) in [5.41, 5.74) is 3.56. The zero-order valence-electron chi connectivity index (χ0n) is 15.5. The van der Waals surface area contributed by atoms with E-state index < -0.39 is 5.60 Å². The van der Waals surface area contributed by atoms with Crippen LogP contribution < -0.4 is 5.32 Å². The highest BCUT2D eigenvalue weighted by molar-refractivity contribution is 7.15. The normalized spacial score (nSPS) is 13.6. The van der Waals surface area contributed by atoms with E-state index in [9.17, 15) is 9.90 Å². The number of benzene rings is 1. The number of amides is 1. The zero-order chi connectivity index (χ0) is 19.2. The van der Waals surface area contributed by atoms with Crippen LogP contribution in [0.1, 0.15) is 52.6 Å². The maximum atomic E-state index is 12.9. The molecule has 2 heterocycles. The van der Waals surface area contributed by atoms with Crippen LogP contribution in [0, 0.1) is 6.92 Å². The molecule has 1 amide bonds. The lowest BCUT2D eigenvalue weighted by atomic mass is 10.2. The van der Waals surface area contributed by atoms with Crippen LogP contribution in [0.3, 0.4) is 0 Å². The van der Waals surface area contributed by atoms with Gasteiger partial charge in [-0.3, -0.25) is 10.1 Å². The van der Waals surface area contributed by atoms with E-state index in [1.807, 2.05) is 35.9 Å². The Hall–Kier alpha value is -2.58. The Balaban J connectivity index is 1.66. The standard InChI is InChI=1S/C19H21N5O2S/c1-11-7-4-5-9-13(11)24-14-10-6-8-12(14)15(23-24)16(25)20-18-22-21-17(27-18)19(2,3)26/h4-5,7,9,26H,6,8,10H2,1-3H3,(H,20,22,25). The van der Waals surface area contributed by atoms with Crippen molar-refractivity contribution in [2.75, 3.05) is 5.32 Å². The number of hydrogen-bond donors (Lipinski definition) is 2. The second-order valence-electron chi connectivity index (χ2n) is 7.25. The summed E-state index contributed by atoms with van der Waals surface area (Å²) in [4.78, 5) is 12.9. The predicted molar refractivity (Wildman–Crippen MR) is 103 cm³/mol. The average molecular weight is 383 g/mol. The van der Waals surface area contributed by atoms with Crippen molar-refractivity contribution in [2.45, 2.75) is 45.6 Å². The molecule has 0 aliphatic heterocycles. The van der Waals surface area contributed by atoms with Crippen LogP contribution >= 0.6 is 11.3 Å². The molecule has 4 rings (SSSR count). The van der Waals surface area contributed by atoms with E-state index in [4.69, 9.17) is 0 Å². The van der Waals surface area contributed by atoms with Crippen molar-refractivity contribution in [3.05, 3.63) is 51.8 Å². The summed E-state index contributed by atoms with van der Waals surface area (Å²) >= 11 is 1.16. The van der Waals surface area contributed by atoms with E-state index >= 15 is 0 Å².